The van der Waals surface area contributed by atoms with Crippen LogP contribution in [0, 0.1) is 5.82 Å². The van der Waals surface area contributed by atoms with E-state index in [1.807, 2.05) is 0 Å². The van der Waals surface area contributed by atoms with Gasteiger partial charge in [-0.3, -0.25) is 4.79 Å². The number of hydrogen-bond donors (Lipinski definition) is 1. The van der Waals surface area contributed by atoms with Crippen molar-refractivity contribution >= 4 is 26.0 Å². The van der Waals surface area contributed by atoms with Gasteiger partial charge in [0.1, 0.15) is 5.82 Å². The van der Waals surface area contributed by atoms with E-state index < -0.39 is 38.3 Å². The molecule has 0 heterocycles. The standard InChI is InChI=1S/C20H26FN3O5S2/c1-15(2)24(4)31(28,29)19-9-5-16(6-10-19)13-22-20(25)14-23(3)30(26,27)18-11-7-17(21)8-12-18/h5-12,15H,13-14H2,1-4H3,(H,22,25). The van der Waals surface area contributed by atoms with Gasteiger partial charge >= 0.3 is 0 Å². The summed E-state index contributed by atoms with van der Waals surface area (Å²) in [6.07, 6.45) is 0. The molecule has 8 nitrogen and oxygen atoms in total. The first-order chi connectivity index (χ1) is 14.4. The van der Waals surface area contributed by atoms with Crippen LogP contribution in [-0.2, 0) is 31.4 Å². The Morgan fingerprint density at radius 1 is 0.903 bits per heavy atom. The molecule has 0 atom stereocenters. The Morgan fingerprint density at radius 3 is 1.90 bits per heavy atom. The molecule has 0 aromatic heterocycles. The van der Waals surface area contributed by atoms with Gasteiger partial charge in [-0.15, -0.1) is 0 Å². The number of hydrogen-bond acceptors (Lipinski definition) is 5. The maximum Gasteiger partial charge on any atom is 0.243 e. The topological polar surface area (TPSA) is 104 Å². The molecule has 2 rings (SSSR count). The number of benzene rings is 2. The Bertz CT molecular complexity index is 1120. The molecule has 2 aromatic rings. The van der Waals surface area contributed by atoms with Crippen molar-refractivity contribution in [2.24, 2.45) is 0 Å². The molecule has 31 heavy (non-hydrogen) atoms. The van der Waals surface area contributed by atoms with Crippen LogP contribution in [0.4, 0.5) is 4.39 Å². The molecule has 170 valence electrons. The highest BCUT2D eigenvalue weighted by Gasteiger charge is 2.24. The molecule has 0 saturated heterocycles. The zero-order valence-corrected chi connectivity index (χ0v) is 19.4. The Balaban J connectivity index is 1.97. The van der Waals surface area contributed by atoms with Crippen molar-refractivity contribution in [1.82, 2.24) is 13.9 Å². The number of carbonyl (C=O) groups is 1. The van der Waals surface area contributed by atoms with Crippen molar-refractivity contribution in [3.63, 3.8) is 0 Å². The molecule has 0 radical (unpaired) electrons. The zero-order chi connectivity index (χ0) is 23.4. The minimum Gasteiger partial charge on any atom is -0.351 e. The number of halogens is 1. The Hall–Kier alpha value is -2.34. The number of sulfonamides is 2. The number of nitrogens with zero attached hydrogens (tertiary/aromatic N) is 2. The van der Waals surface area contributed by atoms with Gasteiger partial charge < -0.3 is 5.32 Å². The predicted octanol–water partition coefficient (Wildman–Crippen LogP) is 1.79. The summed E-state index contributed by atoms with van der Waals surface area (Å²) in [5.41, 5.74) is 0.656. The van der Waals surface area contributed by atoms with Gasteiger partial charge in [-0.1, -0.05) is 12.1 Å². The lowest BCUT2D eigenvalue weighted by Gasteiger charge is -2.21. The minimum absolute atomic E-state index is 0.101. The third-order valence-electron chi connectivity index (χ3n) is 4.71. The first kappa shape index (κ1) is 24.9. The van der Waals surface area contributed by atoms with Crippen LogP contribution in [-0.4, -0.2) is 58.0 Å². The van der Waals surface area contributed by atoms with Crippen LogP contribution in [0.2, 0.25) is 0 Å². The second kappa shape index (κ2) is 9.86. The Morgan fingerprint density at radius 2 is 1.39 bits per heavy atom. The summed E-state index contributed by atoms with van der Waals surface area (Å²) < 4.78 is 65.0. The Kier molecular flexibility index (Phi) is 7.93. The average Bonchev–Trinajstić information content (AvgIpc) is 2.72. The number of rotatable bonds is 9. The molecule has 1 amide bonds. The second-order valence-electron chi connectivity index (χ2n) is 7.25. The van der Waals surface area contributed by atoms with Crippen molar-refractivity contribution in [1.29, 1.82) is 0 Å². The monoisotopic (exact) mass is 471 g/mol. The lowest BCUT2D eigenvalue weighted by molar-refractivity contribution is -0.121. The fraction of sp³-hybridized carbons (Fsp3) is 0.350. The predicted molar refractivity (Wildman–Crippen MR) is 115 cm³/mol. The van der Waals surface area contributed by atoms with E-state index >= 15 is 0 Å². The molecule has 0 bridgehead atoms. The van der Waals surface area contributed by atoms with Crippen LogP contribution in [0.3, 0.4) is 0 Å². The van der Waals surface area contributed by atoms with Gasteiger partial charge in [-0.25, -0.2) is 21.2 Å². The van der Waals surface area contributed by atoms with E-state index in [9.17, 15) is 26.0 Å². The summed E-state index contributed by atoms with van der Waals surface area (Å²) >= 11 is 0. The molecular formula is C20H26FN3O5S2. The molecule has 2 aromatic carbocycles. The smallest absolute Gasteiger partial charge is 0.243 e. The number of nitrogens with one attached hydrogen (secondary N) is 1. The quantitative estimate of drug-likeness (QED) is 0.601. The van der Waals surface area contributed by atoms with Gasteiger partial charge in [0.2, 0.25) is 26.0 Å². The highest BCUT2D eigenvalue weighted by Crippen LogP contribution is 2.17. The van der Waals surface area contributed by atoms with Crippen molar-refractivity contribution in [2.75, 3.05) is 20.6 Å². The lowest BCUT2D eigenvalue weighted by Crippen LogP contribution is -2.38. The third kappa shape index (κ3) is 6.10. The summed E-state index contributed by atoms with van der Waals surface area (Å²) in [7, 11) is -4.78. The summed E-state index contributed by atoms with van der Waals surface area (Å²) in [5, 5.41) is 2.60. The van der Waals surface area contributed by atoms with E-state index in [1.54, 1.807) is 26.0 Å². The molecular weight excluding hydrogens is 445 g/mol. The minimum atomic E-state index is -3.94. The third-order valence-corrected chi connectivity index (χ3v) is 8.57. The molecule has 0 fully saturated rings. The molecule has 0 saturated carbocycles. The summed E-state index contributed by atoms with van der Waals surface area (Å²) in [6.45, 7) is 3.22. The molecule has 0 aliphatic carbocycles. The molecule has 0 unspecified atom stereocenters. The molecule has 0 aliphatic rings. The molecule has 0 aliphatic heterocycles. The van der Waals surface area contributed by atoms with Crippen molar-refractivity contribution in [2.45, 2.75) is 36.2 Å². The average molecular weight is 472 g/mol. The highest BCUT2D eigenvalue weighted by molar-refractivity contribution is 7.89. The Labute approximate surface area is 182 Å². The van der Waals surface area contributed by atoms with Crippen molar-refractivity contribution < 1.29 is 26.0 Å². The van der Waals surface area contributed by atoms with E-state index in [2.05, 4.69) is 5.32 Å². The number of amides is 1. The van der Waals surface area contributed by atoms with Crippen LogP contribution in [0.25, 0.3) is 0 Å². The summed E-state index contributed by atoms with van der Waals surface area (Å²) in [4.78, 5) is 12.2. The van der Waals surface area contributed by atoms with Crippen LogP contribution in [0.1, 0.15) is 19.4 Å². The second-order valence-corrected chi connectivity index (χ2v) is 11.3. The van der Waals surface area contributed by atoms with Crippen molar-refractivity contribution in [3.05, 3.63) is 59.9 Å². The molecule has 1 N–H and O–H groups in total. The molecule has 11 heteroatoms. The van der Waals surface area contributed by atoms with E-state index in [0.717, 1.165) is 28.6 Å². The fourth-order valence-electron chi connectivity index (χ4n) is 2.55. The summed E-state index contributed by atoms with van der Waals surface area (Å²) in [6, 6.07) is 10.2. The first-order valence-corrected chi connectivity index (χ1v) is 12.3. The van der Waals surface area contributed by atoms with Gasteiger partial charge in [0.15, 0.2) is 0 Å². The number of likely N-dealkylation sites (N-methyl/N-ethyl adjacent to an activating group) is 1. The summed E-state index contributed by atoms with van der Waals surface area (Å²) in [5.74, 6) is -1.10. The van der Waals surface area contributed by atoms with Gasteiger partial charge in [-0.05, 0) is 55.8 Å². The maximum absolute atomic E-state index is 13.0. The van der Waals surface area contributed by atoms with Crippen LogP contribution < -0.4 is 5.32 Å². The SMILES string of the molecule is CC(C)N(C)S(=O)(=O)c1ccc(CNC(=O)CN(C)S(=O)(=O)c2ccc(F)cc2)cc1. The zero-order valence-electron chi connectivity index (χ0n) is 17.7. The van der Waals surface area contributed by atoms with E-state index in [1.165, 1.54) is 30.5 Å². The first-order valence-electron chi connectivity index (χ1n) is 9.41. The lowest BCUT2D eigenvalue weighted by atomic mass is 10.2. The highest BCUT2D eigenvalue weighted by atomic mass is 32.2. The van der Waals surface area contributed by atoms with Crippen LogP contribution in [0.15, 0.2) is 58.3 Å². The van der Waals surface area contributed by atoms with E-state index in [4.69, 9.17) is 0 Å². The van der Waals surface area contributed by atoms with Gasteiger partial charge in [0, 0.05) is 26.7 Å². The molecule has 0 spiro atoms. The van der Waals surface area contributed by atoms with E-state index in [0.29, 0.717) is 5.56 Å². The van der Waals surface area contributed by atoms with Gasteiger partial charge in [0.25, 0.3) is 0 Å². The van der Waals surface area contributed by atoms with Crippen LogP contribution in [0.5, 0.6) is 0 Å². The van der Waals surface area contributed by atoms with Gasteiger partial charge in [0.05, 0.1) is 16.3 Å². The maximum atomic E-state index is 13.0. The normalized spacial score (nSPS) is 12.5. The van der Waals surface area contributed by atoms with Gasteiger partial charge in [-0.2, -0.15) is 8.61 Å². The van der Waals surface area contributed by atoms with Crippen molar-refractivity contribution in [3.8, 4) is 0 Å². The fourth-order valence-corrected chi connectivity index (χ4v) is 5.05. The number of carbonyl (C=O) groups excluding carboxylic acids is 1. The van der Waals surface area contributed by atoms with Crippen LogP contribution >= 0.6 is 0 Å². The largest absolute Gasteiger partial charge is 0.351 e. The van der Waals surface area contributed by atoms with E-state index in [-0.39, 0.29) is 22.4 Å².